The number of fused-ring (bicyclic) bond motifs is 1. The average molecular weight is 492 g/mol. The topological polar surface area (TPSA) is 61.4 Å². The highest BCUT2D eigenvalue weighted by Gasteiger charge is 2.42. The van der Waals surface area contributed by atoms with E-state index in [2.05, 4.69) is 48.0 Å². The Kier molecular flexibility index (Phi) is 7.54. The minimum Gasteiger partial charge on any atom is -0.358 e. The van der Waals surface area contributed by atoms with Crippen LogP contribution < -0.4 is 5.32 Å². The third-order valence-corrected chi connectivity index (χ3v) is 7.88. The number of halogens is 3. The van der Waals surface area contributed by atoms with Crippen molar-refractivity contribution in [1.29, 1.82) is 0 Å². The van der Waals surface area contributed by atoms with Gasteiger partial charge in [-0.05, 0) is 77.1 Å². The molecule has 0 radical (unpaired) electrons. The molecule has 9 heteroatoms. The SMILES string of the molecule is CCC[C@@H]1C[C@H](N(C)C(C)C)CC[C@@H]1N1CCC(Nc2ncnc3ccc(C(F)(F)F)cc23)C1=O. The van der Waals surface area contributed by atoms with Crippen molar-refractivity contribution in [2.45, 2.75) is 89.6 Å². The fourth-order valence-corrected chi connectivity index (χ4v) is 5.78. The van der Waals surface area contributed by atoms with Gasteiger partial charge in [-0.3, -0.25) is 4.79 Å². The zero-order chi connectivity index (χ0) is 25.3. The van der Waals surface area contributed by atoms with Gasteiger partial charge in [-0.1, -0.05) is 13.3 Å². The van der Waals surface area contributed by atoms with Gasteiger partial charge in [-0.2, -0.15) is 13.2 Å². The number of alkyl halides is 3. The van der Waals surface area contributed by atoms with Gasteiger partial charge in [0.15, 0.2) is 0 Å². The Bertz CT molecular complexity index is 1040. The van der Waals surface area contributed by atoms with Crippen LogP contribution in [0.2, 0.25) is 0 Å². The Morgan fingerprint density at radius 1 is 1.20 bits per heavy atom. The van der Waals surface area contributed by atoms with E-state index >= 15 is 0 Å². The van der Waals surface area contributed by atoms with E-state index < -0.39 is 17.8 Å². The molecule has 2 aliphatic rings. The average Bonchev–Trinajstić information content (AvgIpc) is 3.17. The lowest BCUT2D eigenvalue weighted by molar-refractivity contribution is -0.137. The van der Waals surface area contributed by atoms with Crippen molar-refractivity contribution in [3.05, 3.63) is 30.1 Å². The zero-order valence-electron chi connectivity index (χ0n) is 21.0. The number of carbonyl (C=O) groups excluding carboxylic acids is 1. The molecule has 0 spiro atoms. The third-order valence-electron chi connectivity index (χ3n) is 7.88. The summed E-state index contributed by atoms with van der Waals surface area (Å²) in [5.41, 5.74) is -0.346. The molecule has 1 amide bonds. The number of hydrogen-bond acceptors (Lipinski definition) is 5. The van der Waals surface area contributed by atoms with Gasteiger partial charge >= 0.3 is 6.18 Å². The lowest BCUT2D eigenvalue weighted by Gasteiger charge is -2.44. The van der Waals surface area contributed by atoms with E-state index in [0.29, 0.717) is 36.5 Å². The second kappa shape index (κ2) is 10.3. The molecule has 2 fully saturated rings. The highest BCUT2D eigenvalue weighted by molar-refractivity contribution is 5.93. The minimum absolute atomic E-state index is 0.0190. The predicted octanol–water partition coefficient (Wildman–Crippen LogP) is 5.34. The Balaban J connectivity index is 1.50. The molecule has 35 heavy (non-hydrogen) atoms. The summed E-state index contributed by atoms with van der Waals surface area (Å²) in [4.78, 5) is 26.2. The number of carbonyl (C=O) groups is 1. The van der Waals surface area contributed by atoms with E-state index in [-0.39, 0.29) is 23.2 Å². The summed E-state index contributed by atoms with van der Waals surface area (Å²) in [5.74, 6) is 0.746. The number of benzene rings is 1. The fraction of sp³-hybridized carbons (Fsp3) is 0.654. The quantitative estimate of drug-likeness (QED) is 0.567. The van der Waals surface area contributed by atoms with Gasteiger partial charge < -0.3 is 15.1 Å². The summed E-state index contributed by atoms with van der Waals surface area (Å²) in [6, 6.07) is 4.15. The van der Waals surface area contributed by atoms with Gasteiger partial charge in [0.2, 0.25) is 5.91 Å². The molecule has 1 aromatic heterocycles. The van der Waals surface area contributed by atoms with Gasteiger partial charge in [0, 0.05) is 30.1 Å². The van der Waals surface area contributed by atoms with Crippen LogP contribution in [0, 0.1) is 5.92 Å². The van der Waals surface area contributed by atoms with E-state index in [9.17, 15) is 18.0 Å². The first-order chi connectivity index (χ1) is 16.6. The first kappa shape index (κ1) is 25.7. The summed E-state index contributed by atoms with van der Waals surface area (Å²) in [6.45, 7) is 7.28. The molecule has 4 rings (SSSR count). The van der Waals surface area contributed by atoms with E-state index in [1.54, 1.807) is 0 Å². The molecule has 1 aliphatic carbocycles. The molecule has 1 aliphatic heterocycles. The summed E-state index contributed by atoms with van der Waals surface area (Å²) >= 11 is 0. The molecule has 1 unspecified atom stereocenters. The highest BCUT2D eigenvalue weighted by Crippen LogP contribution is 2.37. The van der Waals surface area contributed by atoms with Crippen molar-refractivity contribution in [2.75, 3.05) is 18.9 Å². The normalized spacial score (nSPS) is 25.7. The molecule has 2 heterocycles. The van der Waals surface area contributed by atoms with Crippen LogP contribution in [-0.2, 0) is 11.0 Å². The Labute approximate surface area is 205 Å². The lowest BCUT2D eigenvalue weighted by atomic mass is 9.77. The number of likely N-dealkylation sites (tertiary alicyclic amines) is 1. The first-order valence-corrected chi connectivity index (χ1v) is 12.7. The van der Waals surface area contributed by atoms with Gasteiger partial charge in [0.05, 0.1) is 11.1 Å². The Hall–Kier alpha value is -2.42. The van der Waals surface area contributed by atoms with Crippen LogP contribution in [0.4, 0.5) is 19.0 Å². The van der Waals surface area contributed by atoms with Gasteiger partial charge in [-0.15, -0.1) is 0 Å². The summed E-state index contributed by atoms with van der Waals surface area (Å²) in [5, 5.41) is 3.43. The van der Waals surface area contributed by atoms with E-state index in [1.165, 1.54) is 12.4 Å². The molecule has 2 aromatic rings. The van der Waals surface area contributed by atoms with Crippen LogP contribution in [0.5, 0.6) is 0 Å². The van der Waals surface area contributed by atoms with Crippen LogP contribution in [-0.4, -0.2) is 63.4 Å². The smallest absolute Gasteiger partial charge is 0.358 e. The zero-order valence-corrected chi connectivity index (χ0v) is 21.0. The maximum Gasteiger partial charge on any atom is 0.416 e. The largest absolute Gasteiger partial charge is 0.416 e. The number of nitrogens with zero attached hydrogens (tertiary/aromatic N) is 4. The van der Waals surface area contributed by atoms with E-state index in [0.717, 1.165) is 44.2 Å². The van der Waals surface area contributed by atoms with Crippen LogP contribution in [0.25, 0.3) is 10.9 Å². The van der Waals surface area contributed by atoms with Crippen LogP contribution in [0.15, 0.2) is 24.5 Å². The van der Waals surface area contributed by atoms with E-state index in [1.807, 2.05) is 4.90 Å². The minimum atomic E-state index is -4.46. The number of amides is 1. The number of rotatable bonds is 7. The standard InChI is InChI=1S/C26H36F3N5O/c1-5-6-17-13-19(33(4)16(2)3)8-10-23(17)34-12-11-22(25(34)35)32-24-20-14-18(26(27,28)29)7-9-21(20)30-15-31-24/h7,9,14-17,19,22-23H,5-6,8,10-13H2,1-4H3,(H,30,31,32)/t17-,19-,22?,23+/m1/s1. The molecular formula is C26H36F3N5O. The van der Waals surface area contributed by atoms with Crippen molar-refractivity contribution in [3.8, 4) is 0 Å². The predicted molar refractivity (Wildman–Crippen MR) is 131 cm³/mol. The molecule has 0 bridgehead atoms. The molecular weight excluding hydrogens is 455 g/mol. The van der Waals surface area contributed by atoms with E-state index in [4.69, 9.17) is 0 Å². The number of hydrogen-bond donors (Lipinski definition) is 1. The molecule has 1 saturated carbocycles. The Morgan fingerprint density at radius 2 is 1.97 bits per heavy atom. The molecule has 6 nitrogen and oxygen atoms in total. The van der Waals surface area contributed by atoms with Crippen molar-refractivity contribution in [3.63, 3.8) is 0 Å². The first-order valence-electron chi connectivity index (χ1n) is 12.7. The van der Waals surface area contributed by atoms with Gasteiger partial charge in [0.1, 0.15) is 18.2 Å². The molecule has 1 N–H and O–H groups in total. The van der Waals surface area contributed by atoms with Crippen molar-refractivity contribution in [2.24, 2.45) is 5.92 Å². The summed E-state index contributed by atoms with van der Waals surface area (Å²) in [6.07, 6.45) is 2.77. The lowest BCUT2D eigenvalue weighted by Crippen LogP contribution is -2.51. The van der Waals surface area contributed by atoms with Crippen molar-refractivity contribution < 1.29 is 18.0 Å². The van der Waals surface area contributed by atoms with Crippen molar-refractivity contribution >= 4 is 22.6 Å². The van der Waals surface area contributed by atoms with Crippen LogP contribution in [0.3, 0.4) is 0 Å². The second-order valence-electron chi connectivity index (χ2n) is 10.3. The number of nitrogens with one attached hydrogen (secondary N) is 1. The van der Waals surface area contributed by atoms with Crippen molar-refractivity contribution in [1.82, 2.24) is 19.8 Å². The fourth-order valence-electron chi connectivity index (χ4n) is 5.78. The summed E-state index contributed by atoms with van der Waals surface area (Å²) in [7, 11) is 2.19. The Morgan fingerprint density at radius 3 is 2.66 bits per heavy atom. The number of aromatic nitrogens is 2. The van der Waals surface area contributed by atoms with Gasteiger partial charge in [0.25, 0.3) is 0 Å². The third kappa shape index (κ3) is 5.39. The van der Waals surface area contributed by atoms with Crippen LogP contribution in [0.1, 0.15) is 64.9 Å². The second-order valence-corrected chi connectivity index (χ2v) is 10.3. The number of anilines is 1. The van der Waals surface area contributed by atoms with Crippen LogP contribution >= 0.6 is 0 Å². The summed E-state index contributed by atoms with van der Waals surface area (Å²) < 4.78 is 39.8. The van der Waals surface area contributed by atoms with Gasteiger partial charge in [-0.25, -0.2) is 9.97 Å². The molecule has 4 atom stereocenters. The molecule has 192 valence electrons. The molecule has 1 aromatic carbocycles. The monoisotopic (exact) mass is 491 g/mol. The maximum absolute atomic E-state index is 13.5. The molecule has 1 saturated heterocycles. The highest BCUT2D eigenvalue weighted by atomic mass is 19.4. The maximum atomic E-state index is 13.5.